The Kier molecular flexibility index (Phi) is 8.02. The summed E-state index contributed by atoms with van der Waals surface area (Å²) < 4.78 is 10.8. The molecule has 2 rings (SSSR count). The number of hydrogen-bond acceptors (Lipinski definition) is 7. The van der Waals surface area contributed by atoms with Crippen molar-refractivity contribution in [1.82, 2.24) is 4.90 Å². The molecule has 1 aromatic rings. The number of rotatable bonds is 8. The van der Waals surface area contributed by atoms with Crippen molar-refractivity contribution in [3.8, 4) is 5.75 Å². The van der Waals surface area contributed by atoms with Crippen LogP contribution in [0.4, 0.5) is 0 Å². The second-order valence-corrected chi connectivity index (χ2v) is 8.87. The number of ether oxygens (including phenoxy) is 2. The number of carbonyl (C=O) groups is 2. The molecule has 0 bridgehead atoms. The molecule has 164 valence electrons. The monoisotopic (exact) mass is 453 g/mol. The first-order chi connectivity index (χ1) is 14.0. The number of allylic oxidation sites excluding steroid dienone is 1. The van der Waals surface area contributed by atoms with Gasteiger partial charge in [0.2, 0.25) is 0 Å². The molecule has 0 aromatic heterocycles. The number of likely N-dealkylation sites (N-methyl/N-ethyl adjacent to an activating group) is 1. The molecule has 0 spiro atoms. The van der Waals surface area contributed by atoms with Crippen LogP contribution < -0.4 is 4.74 Å². The van der Waals surface area contributed by atoms with Gasteiger partial charge in [0.05, 0.1) is 34.3 Å². The zero-order chi connectivity index (χ0) is 22.6. The third-order valence-corrected chi connectivity index (χ3v) is 6.27. The van der Waals surface area contributed by atoms with Gasteiger partial charge >= 0.3 is 5.97 Å². The lowest BCUT2D eigenvalue weighted by Gasteiger charge is -2.23. The second kappa shape index (κ2) is 9.90. The first-order valence-electron chi connectivity index (χ1n) is 9.76. The van der Waals surface area contributed by atoms with Crippen molar-refractivity contribution in [2.45, 2.75) is 52.7 Å². The van der Waals surface area contributed by atoms with Gasteiger partial charge < -0.3 is 19.5 Å². The van der Waals surface area contributed by atoms with Crippen molar-refractivity contribution in [1.29, 1.82) is 0 Å². The van der Waals surface area contributed by atoms with Gasteiger partial charge in [0, 0.05) is 17.6 Å². The van der Waals surface area contributed by atoms with Crippen LogP contribution in [-0.2, 0) is 9.53 Å². The van der Waals surface area contributed by atoms with Gasteiger partial charge in [-0.25, -0.2) is 4.79 Å². The van der Waals surface area contributed by atoms with Gasteiger partial charge in [0.15, 0.2) is 5.78 Å². The minimum Gasteiger partial charge on any atom is -0.496 e. The van der Waals surface area contributed by atoms with Crippen molar-refractivity contribution in [3.05, 3.63) is 50.5 Å². The Morgan fingerprint density at radius 1 is 1.33 bits per heavy atom. The van der Waals surface area contributed by atoms with E-state index < -0.39 is 11.6 Å². The van der Waals surface area contributed by atoms with Crippen LogP contribution in [0, 0.1) is 0 Å². The number of halogens is 1. The normalized spacial score (nSPS) is 16.8. The van der Waals surface area contributed by atoms with Crippen LogP contribution in [0.15, 0.2) is 39.9 Å². The molecule has 1 aliphatic rings. The molecule has 1 aliphatic heterocycles. The number of thioether (sulfide) groups is 1. The highest BCUT2D eigenvalue weighted by molar-refractivity contribution is 8.07. The molecular weight excluding hydrogens is 426 g/mol. The number of ketones is 1. The fourth-order valence-electron chi connectivity index (χ4n) is 2.86. The summed E-state index contributed by atoms with van der Waals surface area (Å²) in [5.74, 6) is -0.437. The van der Waals surface area contributed by atoms with E-state index in [2.05, 4.69) is 0 Å². The number of aliphatic hydroxyl groups is 1. The van der Waals surface area contributed by atoms with Crippen LogP contribution in [0.5, 0.6) is 5.75 Å². The minimum absolute atomic E-state index is 0.257. The summed E-state index contributed by atoms with van der Waals surface area (Å²) in [6.45, 7) is 9.22. The number of benzene rings is 1. The summed E-state index contributed by atoms with van der Waals surface area (Å²) in [6.07, 6.45) is 1.84. The largest absolute Gasteiger partial charge is 0.496 e. The maximum Gasteiger partial charge on any atom is 0.356 e. The molecule has 8 heteroatoms. The van der Waals surface area contributed by atoms with Gasteiger partial charge in [-0.3, -0.25) is 4.79 Å². The number of carbonyl (C=O) groups excluding carboxylic acids is 2. The standard InChI is InChI=1S/C22H28ClNO5S/c1-7-13(3)29-21(26)19-20(22(4,5)27)30-18(24(19)8-2)12-16(25)15-11-14(23)9-10-17(15)28-6/h9-13,27H,7-8H2,1-6H3. The number of methoxy groups -OCH3 is 1. The van der Waals surface area contributed by atoms with Crippen LogP contribution >= 0.6 is 23.4 Å². The number of esters is 1. The summed E-state index contributed by atoms with van der Waals surface area (Å²) in [6, 6.07) is 4.81. The highest BCUT2D eigenvalue weighted by Gasteiger charge is 2.40. The molecule has 0 saturated heterocycles. The predicted molar refractivity (Wildman–Crippen MR) is 120 cm³/mol. The van der Waals surface area contributed by atoms with Crippen molar-refractivity contribution in [3.63, 3.8) is 0 Å². The average Bonchev–Trinajstić information content (AvgIpc) is 3.06. The molecule has 1 atom stereocenters. The first-order valence-corrected chi connectivity index (χ1v) is 11.0. The Balaban J connectivity index is 2.48. The quantitative estimate of drug-likeness (QED) is 0.345. The van der Waals surface area contributed by atoms with Crippen LogP contribution in [0.3, 0.4) is 0 Å². The molecule has 0 radical (unpaired) electrons. The third kappa shape index (κ3) is 5.39. The molecule has 6 nitrogen and oxygen atoms in total. The second-order valence-electron chi connectivity index (χ2n) is 7.40. The van der Waals surface area contributed by atoms with Crippen LogP contribution in [0.25, 0.3) is 0 Å². The maximum atomic E-state index is 13.0. The third-order valence-electron chi connectivity index (χ3n) is 4.59. The lowest BCUT2D eigenvalue weighted by atomic mass is 10.1. The molecule has 0 saturated carbocycles. The highest BCUT2D eigenvalue weighted by Crippen LogP contribution is 2.46. The van der Waals surface area contributed by atoms with E-state index in [0.717, 1.165) is 0 Å². The Labute approximate surface area is 186 Å². The van der Waals surface area contributed by atoms with Gasteiger partial charge in [0.25, 0.3) is 0 Å². The average molecular weight is 454 g/mol. The predicted octanol–water partition coefficient (Wildman–Crippen LogP) is 4.77. The SMILES string of the molecule is CCC(C)OC(=O)C1=C(C(C)(C)O)SC(=CC(=O)c2cc(Cl)ccc2OC)N1CC. The van der Waals surface area contributed by atoms with E-state index in [1.54, 1.807) is 30.9 Å². The molecule has 1 unspecified atom stereocenters. The molecular formula is C22H28ClNO5S. The van der Waals surface area contributed by atoms with Gasteiger partial charge in [-0.2, -0.15) is 0 Å². The smallest absolute Gasteiger partial charge is 0.356 e. The Bertz CT molecular complexity index is 888. The Morgan fingerprint density at radius 3 is 2.53 bits per heavy atom. The van der Waals surface area contributed by atoms with Gasteiger partial charge in [0.1, 0.15) is 11.4 Å². The van der Waals surface area contributed by atoms with E-state index in [1.165, 1.54) is 31.0 Å². The fourth-order valence-corrected chi connectivity index (χ4v) is 4.28. The maximum absolute atomic E-state index is 13.0. The van der Waals surface area contributed by atoms with Gasteiger partial charge in [-0.15, -0.1) is 0 Å². The lowest BCUT2D eigenvalue weighted by molar-refractivity contribution is -0.145. The summed E-state index contributed by atoms with van der Waals surface area (Å²) in [7, 11) is 1.48. The Morgan fingerprint density at radius 2 is 2.00 bits per heavy atom. The van der Waals surface area contributed by atoms with Crippen molar-refractivity contribution >= 4 is 35.1 Å². The Hall–Kier alpha value is -1.96. The summed E-state index contributed by atoms with van der Waals surface area (Å²) in [5, 5.41) is 11.6. The molecule has 0 amide bonds. The van der Waals surface area contributed by atoms with Gasteiger partial charge in [-0.05, 0) is 52.3 Å². The zero-order valence-electron chi connectivity index (χ0n) is 18.1. The molecule has 0 fully saturated rings. The molecule has 1 N–H and O–H groups in total. The van der Waals surface area contributed by atoms with Crippen molar-refractivity contribution in [2.75, 3.05) is 13.7 Å². The van der Waals surface area contributed by atoms with E-state index in [9.17, 15) is 14.7 Å². The minimum atomic E-state index is -1.28. The molecule has 1 aromatic carbocycles. The van der Waals surface area contributed by atoms with E-state index in [4.69, 9.17) is 21.1 Å². The van der Waals surface area contributed by atoms with E-state index in [-0.39, 0.29) is 17.6 Å². The molecule has 30 heavy (non-hydrogen) atoms. The lowest BCUT2D eigenvalue weighted by Crippen LogP contribution is -2.30. The van der Waals surface area contributed by atoms with Crippen molar-refractivity contribution < 1.29 is 24.2 Å². The summed E-state index contributed by atoms with van der Waals surface area (Å²) in [4.78, 5) is 28.0. The van der Waals surface area contributed by atoms with Gasteiger partial charge in [-0.1, -0.05) is 30.3 Å². The van der Waals surface area contributed by atoms with E-state index >= 15 is 0 Å². The summed E-state index contributed by atoms with van der Waals surface area (Å²) in [5.41, 5.74) is -0.712. The first kappa shape index (κ1) is 24.3. The van der Waals surface area contributed by atoms with Crippen molar-refractivity contribution in [2.24, 2.45) is 0 Å². The number of nitrogens with zero attached hydrogens (tertiary/aromatic N) is 1. The van der Waals surface area contributed by atoms with E-state index in [0.29, 0.717) is 39.2 Å². The molecule has 0 aliphatic carbocycles. The topological polar surface area (TPSA) is 76.1 Å². The zero-order valence-corrected chi connectivity index (χ0v) is 19.7. The van der Waals surface area contributed by atoms with Crippen LogP contribution in [0.1, 0.15) is 51.4 Å². The fraction of sp³-hybridized carbons (Fsp3) is 0.455. The van der Waals surface area contributed by atoms with Crippen LogP contribution in [-0.4, -0.2) is 47.1 Å². The summed E-state index contributed by atoms with van der Waals surface area (Å²) >= 11 is 7.24. The number of hydrogen-bond donors (Lipinski definition) is 1. The van der Waals surface area contributed by atoms with Crippen LogP contribution in [0.2, 0.25) is 5.02 Å². The molecule has 1 heterocycles. The highest BCUT2D eigenvalue weighted by atomic mass is 35.5. The van der Waals surface area contributed by atoms with E-state index in [1.807, 2.05) is 20.8 Å².